The van der Waals surface area contributed by atoms with Crippen molar-refractivity contribution in [3.05, 3.63) is 0 Å². The molecule has 1 heterocycles. The highest BCUT2D eigenvalue weighted by Gasteiger charge is 2.33. The Hall–Kier alpha value is -0.120. The molecule has 0 bridgehead atoms. The predicted octanol–water partition coefficient (Wildman–Crippen LogP) is 2.10. The average Bonchev–Trinajstić information content (AvgIpc) is 2.33. The van der Waals surface area contributed by atoms with E-state index in [1.165, 1.54) is 6.42 Å². The van der Waals surface area contributed by atoms with Crippen LogP contribution in [-0.2, 0) is 0 Å². The minimum Gasteiger partial charge on any atom is -0.394 e. The molecule has 1 saturated heterocycles. The normalized spacial score (nSPS) is 33.3. The third kappa shape index (κ3) is 4.22. The van der Waals surface area contributed by atoms with Gasteiger partial charge in [0.15, 0.2) is 0 Å². The molecular formula is C15H32N2O. The Balaban J connectivity index is 2.61. The van der Waals surface area contributed by atoms with Gasteiger partial charge in [-0.1, -0.05) is 20.8 Å². The molecule has 3 heteroatoms. The van der Waals surface area contributed by atoms with E-state index in [4.69, 9.17) is 0 Å². The van der Waals surface area contributed by atoms with Crippen LogP contribution < -0.4 is 5.32 Å². The summed E-state index contributed by atoms with van der Waals surface area (Å²) in [6.07, 6.45) is 2.44. The zero-order valence-corrected chi connectivity index (χ0v) is 12.9. The first-order chi connectivity index (χ1) is 8.41. The number of nitrogens with zero attached hydrogens (tertiary/aromatic N) is 1. The third-order valence-corrected chi connectivity index (χ3v) is 4.42. The SMILES string of the molecule is CCCNC(C)(CO)CN1CC(C)CC(C)C1C. The molecule has 1 fully saturated rings. The number of aliphatic hydroxyl groups excluding tert-OH is 1. The van der Waals surface area contributed by atoms with Crippen LogP contribution in [0.2, 0.25) is 0 Å². The quantitative estimate of drug-likeness (QED) is 0.764. The van der Waals surface area contributed by atoms with E-state index in [-0.39, 0.29) is 12.1 Å². The minimum atomic E-state index is -0.166. The summed E-state index contributed by atoms with van der Waals surface area (Å²) in [7, 11) is 0. The van der Waals surface area contributed by atoms with E-state index in [2.05, 4.69) is 44.8 Å². The molecule has 108 valence electrons. The molecule has 0 aromatic heterocycles. The molecule has 0 radical (unpaired) electrons. The van der Waals surface area contributed by atoms with Gasteiger partial charge in [-0.05, 0) is 45.1 Å². The van der Waals surface area contributed by atoms with Crippen molar-refractivity contribution in [3.8, 4) is 0 Å². The molecule has 18 heavy (non-hydrogen) atoms. The van der Waals surface area contributed by atoms with Crippen molar-refractivity contribution in [2.24, 2.45) is 11.8 Å². The summed E-state index contributed by atoms with van der Waals surface area (Å²) in [5.41, 5.74) is -0.166. The molecule has 1 rings (SSSR count). The van der Waals surface area contributed by atoms with Crippen LogP contribution in [0.25, 0.3) is 0 Å². The van der Waals surface area contributed by atoms with Crippen LogP contribution in [0, 0.1) is 11.8 Å². The monoisotopic (exact) mass is 256 g/mol. The van der Waals surface area contributed by atoms with Crippen molar-refractivity contribution >= 4 is 0 Å². The molecule has 0 aromatic rings. The fourth-order valence-electron chi connectivity index (χ4n) is 3.08. The summed E-state index contributed by atoms with van der Waals surface area (Å²) in [6, 6.07) is 0.621. The van der Waals surface area contributed by atoms with Crippen LogP contribution in [0.15, 0.2) is 0 Å². The zero-order valence-electron chi connectivity index (χ0n) is 12.9. The summed E-state index contributed by atoms with van der Waals surface area (Å²) in [4.78, 5) is 2.55. The van der Waals surface area contributed by atoms with E-state index in [1.807, 2.05) is 0 Å². The number of hydrogen-bond donors (Lipinski definition) is 2. The first kappa shape index (κ1) is 15.9. The maximum atomic E-state index is 9.67. The average molecular weight is 256 g/mol. The molecule has 0 amide bonds. The standard InChI is InChI=1S/C15H32N2O/c1-6-7-16-15(5,11-18)10-17-9-12(2)8-13(3)14(17)4/h12-14,16,18H,6-11H2,1-5H3. The van der Waals surface area contributed by atoms with Crippen LogP contribution in [0.5, 0.6) is 0 Å². The van der Waals surface area contributed by atoms with Gasteiger partial charge in [-0.15, -0.1) is 0 Å². The smallest absolute Gasteiger partial charge is 0.0623 e. The largest absolute Gasteiger partial charge is 0.394 e. The number of likely N-dealkylation sites (tertiary alicyclic amines) is 1. The van der Waals surface area contributed by atoms with Crippen LogP contribution in [0.1, 0.15) is 47.5 Å². The fourth-order valence-corrected chi connectivity index (χ4v) is 3.08. The van der Waals surface area contributed by atoms with Crippen molar-refractivity contribution in [2.45, 2.75) is 59.0 Å². The molecule has 1 aliphatic heterocycles. The summed E-state index contributed by atoms with van der Waals surface area (Å²) in [6.45, 7) is 14.6. The maximum Gasteiger partial charge on any atom is 0.0623 e. The van der Waals surface area contributed by atoms with E-state index in [0.29, 0.717) is 6.04 Å². The molecular weight excluding hydrogens is 224 g/mol. The summed E-state index contributed by atoms with van der Waals surface area (Å²) in [5, 5.41) is 13.2. The first-order valence-electron chi connectivity index (χ1n) is 7.51. The van der Waals surface area contributed by atoms with Gasteiger partial charge < -0.3 is 10.4 Å². The Bertz CT molecular complexity index is 247. The molecule has 1 aliphatic rings. The van der Waals surface area contributed by atoms with Gasteiger partial charge in [-0.3, -0.25) is 4.90 Å². The van der Waals surface area contributed by atoms with E-state index < -0.39 is 0 Å². The van der Waals surface area contributed by atoms with E-state index in [1.54, 1.807) is 0 Å². The minimum absolute atomic E-state index is 0.166. The van der Waals surface area contributed by atoms with E-state index in [9.17, 15) is 5.11 Å². The molecule has 3 nitrogen and oxygen atoms in total. The topological polar surface area (TPSA) is 35.5 Å². The van der Waals surface area contributed by atoms with Crippen LogP contribution in [0.3, 0.4) is 0 Å². The van der Waals surface area contributed by atoms with Crippen LogP contribution in [0.4, 0.5) is 0 Å². The van der Waals surface area contributed by atoms with Gasteiger partial charge in [-0.25, -0.2) is 0 Å². The third-order valence-electron chi connectivity index (χ3n) is 4.42. The Morgan fingerprint density at radius 3 is 2.56 bits per heavy atom. The lowest BCUT2D eigenvalue weighted by molar-refractivity contribution is 0.0369. The second-order valence-corrected chi connectivity index (χ2v) is 6.63. The lowest BCUT2D eigenvalue weighted by Gasteiger charge is -2.45. The van der Waals surface area contributed by atoms with Crippen molar-refractivity contribution in [1.29, 1.82) is 0 Å². The second kappa shape index (κ2) is 6.88. The molecule has 0 aromatic carbocycles. The molecule has 4 unspecified atom stereocenters. The van der Waals surface area contributed by atoms with Gasteiger partial charge in [0.05, 0.1) is 12.1 Å². The van der Waals surface area contributed by atoms with Crippen LogP contribution >= 0.6 is 0 Å². The molecule has 0 spiro atoms. The molecule has 0 saturated carbocycles. The maximum absolute atomic E-state index is 9.67. The number of hydrogen-bond acceptors (Lipinski definition) is 3. The van der Waals surface area contributed by atoms with Gasteiger partial charge in [-0.2, -0.15) is 0 Å². The first-order valence-corrected chi connectivity index (χ1v) is 7.51. The Morgan fingerprint density at radius 2 is 2.00 bits per heavy atom. The summed E-state index contributed by atoms with van der Waals surface area (Å²) >= 11 is 0. The Labute approximate surface area is 113 Å². The second-order valence-electron chi connectivity index (χ2n) is 6.63. The number of piperidine rings is 1. The Kier molecular flexibility index (Phi) is 6.09. The van der Waals surface area contributed by atoms with Crippen molar-refractivity contribution < 1.29 is 5.11 Å². The van der Waals surface area contributed by atoms with Gasteiger partial charge in [0.25, 0.3) is 0 Å². The Morgan fingerprint density at radius 1 is 1.33 bits per heavy atom. The highest BCUT2D eigenvalue weighted by Crippen LogP contribution is 2.27. The van der Waals surface area contributed by atoms with Gasteiger partial charge in [0.2, 0.25) is 0 Å². The number of rotatable bonds is 6. The molecule has 0 aliphatic carbocycles. The van der Waals surface area contributed by atoms with Gasteiger partial charge in [0, 0.05) is 19.1 Å². The van der Waals surface area contributed by atoms with Gasteiger partial charge in [0.1, 0.15) is 0 Å². The highest BCUT2D eigenvalue weighted by atomic mass is 16.3. The highest BCUT2D eigenvalue weighted by molar-refractivity contribution is 4.91. The zero-order chi connectivity index (χ0) is 13.8. The number of aliphatic hydroxyl groups is 1. The van der Waals surface area contributed by atoms with Crippen molar-refractivity contribution in [1.82, 2.24) is 10.2 Å². The lowest BCUT2D eigenvalue weighted by Crippen LogP contribution is -2.58. The van der Waals surface area contributed by atoms with Crippen molar-refractivity contribution in [3.63, 3.8) is 0 Å². The van der Waals surface area contributed by atoms with E-state index >= 15 is 0 Å². The molecule has 4 atom stereocenters. The van der Waals surface area contributed by atoms with Crippen LogP contribution in [-0.4, -0.2) is 47.8 Å². The predicted molar refractivity (Wildman–Crippen MR) is 77.8 cm³/mol. The van der Waals surface area contributed by atoms with E-state index in [0.717, 1.165) is 37.9 Å². The van der Waals surface area contributed by atoms with Gasteiger partial charge >= 0.3 is 0 Å². The fraction of sp³-hybridized carbons (Fsp3) is 1.00. The van der Waals surface area contributed by atoms with Crippen molar-refractivity contribution in [2.75, 3.05) is 26.2 Å². The summed E-state index contributed by atoms with van der Waals surface area (Å²) < 4.78 is 0. The summed E-state index contributed by atoms with van der Waals surface area (Å²) in [5.74, 6) is 1.52. The lowest BCUT2D eigenvalue weighted by atomic mass is 9.85. The molecule has 2 N–H and O–H groups in total. The number of nitrogens with one attached hydrogen (secondary N) is 1.